The van der Waals surface area contributed by atoms with E-state index in [1.165, 1.54) is 12.8 Å². The lowest BCUT2D eigenvalue weighted by molar-refractivity contribution is -0.0415. The van der Waals surface area contributed by atoms with Crippen LogP contribution in [0.4, 0.5) is 0 Å². The molecule has 2 unspecified atom stereocenters. The fraction of sp³-hybridized carbons (Fsp3) is 0.600. The number of fused-ring (bicyclic) bond motifs is 1. The molecule has 1 aromatic carbocycles. The van der Waals surface area contributed by atoms with Crippen LogP contribution < -0.4 is 5.32 Å². The predicted octanol–water partition coefficient (Wildman–Crippen LogP) is 1.59. The third-order valence-corrected chi connectivity index (χ3v) is 4.14. The van der Waals surface area contributed by atoms with Gasteiger partial charge in [0.05, 0.1) is 12.7 Å². The topological polar surface area (TPSA) is 24.5 Å². The monoisotopic (exact) mass is 246 g/mol. The average Bonchev–Trinajstić information content (AvgIpc) is 2.83. The number of ether oxygens (including phenoxy) is 1. The summed E-state index contributed by atoms with van der Waals surface area (Å²) in [5, 5.41) is 3.22. The average molecular weight is 246 g/mol. The zero-order valence-electron chi connectivity index (χ0n) is 11.1. The summed E-state index contributed by atoms with van der Waals surface area (Å²) < 4.78 is 5.79. The Bertz CT molecular complexity index is 405. The fourth-order valence-electron chi connectivity index (χ4n) is 3.29. The van der Waals surface area contributed by atoms with Gasteiger partial charge in [0.15, 0.2) is 0 Å². The van der Waals surface area contributed by atoms with Gasteiger partial charge in [0, 0.05) is 25.7 Å². The first-order valence-corrected chi connectivity index (χ1v) is 6.96. The van der Waals surface area contributed by atoms with Crippen LogP contribution in [0.25, 0.3) is 0 Å². The molecule has 3 heteroatoms. The van der Waals surface area contributed by atoms with Crippen molar-refractivity contribution in [1.29, 1.82) is 0 Å². The smallest absolute Gasteiger partial charge is 0.0826 e. The van der Waals surface area contributed by atoms with Crippen molar-refractivity contribution in [1.82, 2.24) is 10.2 Å². The van der Waals surface area contributed by atoms with Gasteiger partial charge in [-0.1, -0.05) is 24.3 Å². The van der Waals surface area contributed by atoms with E-state index in [0.717, 1.165) is 26.2 Å². The number of likely N-dealkylation sites (N-methyl/N-ethyl adjacent to an activating group) is 1. The Morgan fingerprint density at radius 3 is 3.17 bits per heavy atom. The second-order valence-electron chi connectivity index (χ2n) is 5.30. The molecular formula is C15H22N2O. The second kappa shape index (κ2) is 5.39. The van der Waals surface area contributed by atoms with Crippen molar-refractivity contribution in [3.8, 4) is 0 Å². The third kappa shape index (κ3) is 2.30. The standard InChI is InChI=1S/C15H22N2O/c1-16-10-13-11-17(8-9-18-13)15-7-6-12-4-2-3-5-14(12)15/h2-5,13,15-16H,6-11H2,1H3. The molecule has 1 saturated heterocycles. The molecular weight excluding hydrogens is 224 g/mol. The van der Waals surface area contributed by atoms with Gasteiger partial charge < -0.3 is 10.1 Å². The molecule has 2 aliphatic rings. The van der Waals surface area contributed by atoms with Crippen molar-refractivity contribution in [2.24, 2.45) is 0 Å². The number of benzene rings is 1. The first kappa shape index (κ1) is 12.2. The molecule has 1 heterocycles. The van der Waals surface area contributed by atoms with E-state index >= 15 is 0 Å². The molecule has 0 radical (unpaired) electrons. The van der Waals surface area contributed by atoms with E-state index in [2.05, 4.69) is 34.5 Å². The van der Waals surface area contributed by atoms with Crippen molar-refractivity contribution in [2.45, 2.75) is 25.0 Å². The van der Waals surface area contributed by atoms with E-state index in [0.29, 0.717) is 12.1 Å². The van der Waals surface area contributed by atoms with E-state index in [4.69, 9.17) is 4.74 Å². The summed E-state index contributed by atoms with van der Waals surface area (Å²) in [7, 11) is 1.99. The van der Waals surface area contributed by atoms with Crippen LogP contribution in [0.2, 0.25) is 0 Å². The SMILES string of the molecule is CNCC1CN(C2CCc3ccccc32)CCO1. The van der Waals surface area contributed by atoms with Crippen LogP contribution in [0.5, 0.6) is 0 Å². The number of nitrogens with one attached hydrogen (secondary N) is 1. The number of morpholine rings is 1. The van der Waals surface area contributed by atoms with Crippen LogP contribution in [0.15, 0.2) is 24.3 Å². The molecule has 3 rings (SSSR count). The van der Waals surface area contributed by atoms with Gasteiger partial charge in [-0.3, -0.25) is 4.90 Å². The maximum atomic E-state index is 5.79. The van der Waals surface area contributed by atoms with Crippen LogP contribution in [-0.4, -0.2) is 44.3 Å². The van der Waals surface area contributed by atoms with Crippen LogP contribution in [0.1, 0.15) is 23.6 Å². The zero-order valence-corrected chi connectivity index (χ0v) is 11.1. The minimum absolute atomic E-state index is 0.344. The third-order valence-electron chi connectivity index (χ3n) is 4.14. The number of hydrogen-bond donors (Lipinski definition) is 1. The Hall–Kier alpha value is -0.900. The predicted molar refractivity (Wildman–Crippen MR) is 72.7 cm³/mol. The van der Waals surface area contributed by atoms with E-state index in [-0.39, 0.29) is 0 Å². The number of hydrogen-bond acceptors (Lipinski definition) is 3. The lowest BCUT2D eigenvalue weighted by Crippen LogP contribution is -2.47. The van der Waals surface area contributed by atoms with Crippen molar-refractivity contribution in [2.75, 3.05) is 33.3 Å². The summed E-state index contributed by atoms with van der Waals surface area (Å²) in [5.41, 5.74) is 3.08. The van der Waals surface area contributed by atoms with E-state index in [1.54, 1.807) is 11.1 Å². The van der Waals surface area contributed by atoms with Crippen molar-refractivity contribution >= 4 is 0 Å². The molecule has 0 amide bonds. The molecule has 1 aliphatic heterocycles. The first-order chi connectivity index (χ1) is 8.88. The van der Waals surface area contributed by atoms with Gasteiger partial charge in [-0.2, -0.15) is 0 Å². The molecule has 1 aliphatic carbocycles. The van der Waals surface area contributed by atoms with Crippen LogP contribution in [0, 0.1) is 0 Å². The molecule has 1 fully saturated rings. The molecule has 98 valence electrons. The minimum Gasteiger partial charge on any atom is -0.374 e. The molecule has 0 aromatic heterocycles. The van der Waals surface area contributed by atoms with E-state index in [9.17, 15) is 0 Å². The van der Waals surface area contributed by atoms with Crippen molar-refractivity contribution < 1.29 is 4.74 Å². The summed E-state index contributed by atoms with van der Waals surface area (Å²) in [5.74, 6) is 0. The molecule has 3 nitrogen and oxygen atoms in total. The molecule has 1 N–H and O–H groups in total. The molecule has 0 bridgehead atoms. The Labute approximate surface area is 109 Å². The second-order valence-corrected chi connectivity index (χ2v) is 5.30. The Morgan fingerprint density at radius 1 is 1.39 bits per heavy atom. The van der Waals surface area contributed by atoms with Crippen LogP contribution in [-0.2, 0) is 11.2 Å². The Balaban J connectivity index is 1.72. The minimum atomic E-state index is 0.344. The van der Waals surface area contributed by atoms with E-state index in [1.807, 2.05) is 7.05 Å². The van der Waals surface area contributed by atoms with Gasteiger partial charge in [0.25, 0.3) is 0 Å². The molecule has 2 atom stereocenters. The van der Waals surface area contributed by atoms with Gasteiger partial charge in [-0.15, -0.1) is 0 Å². The Morgan fingerprint density at radius 2 is 2.28 bits per heavy atom. The lowest BCUT2D eigenvalue weighted by atomic mass is 10.1. The molecule has 1 aromatic rings. The quantitative estimate of drug-likeness (QED) is 0.876. The fourth-order valence-corrected chi connectivity index (χ4v) is 3.29. The summed E-state index contributed by atoms with van der Waals surface area (Å²) in [6.07, 6.45) is 2.84. The normalized spacial score (nSPS) is 28.3. The summed E-state index contributed by atoms with van der Waals surface area (Å²) in [6, 6.07) is 9.52. The van der Waals surface area contributed by atoms with Crippen molar-refractivity contribution in [3.05, 3.63) is 35.4 Å². The van der Waals surface area contributed by atoms with Crippen molar-refractivity contribution in [3.63, 3.8) is 0 Å². The van der Waals surface area contributed by atoms with E-state index < -0.39 is 0 Å². The molecule has 18 heavy (non-hydrogen) atoms. The summed E-state index contributed by atoms with van der Waals surface area (Å²) >= 11 is 0. The number of nitrogens with zero attached hydrogens (tertiary/aromatic N) is 1. The maximum Gasteiger partial charge on any atom is 0.0826 e. The highest BCUT2D eigenvalue weighted by Crippen LogP contribution is 2.36. The summed E-state index contributed by atoms with van der Waals surface area (Å²) in [6.45, 7) is 3.94. The molecule has 0 saturated carbocycles. The molecule has 0 spiro atoms. The van der Waals surface area contributed by atoms with Gasteiger partial charge >= 0.3 is 0 Å². The maximum absolute atomic E-state index is 5.79. The van der Waals surface area contributed by atoms with Gasteiger partial charge in [-0.05, 0) is 31.0 Å². The number of aryl methyl sites for hydroxylation is 1. The van der Waals surface area contributed by atoms with Gasteiger partial charge in [0.1, 0.15) is 0 Å². The largest absolute Gasteiger partial charge is 0.374 e. The highest BCUT2D eigenvalue weighted by atomic mass is 16.5. The van der Waals surface area contributed by atoms with Gasteiger partial charge in [0.2, 0.25) is 0 Å². The highest BCUT2D eigenvalue weighted by Gasteiger charge is 2.31. The Kier molecular flexibility index (Phi) is 3.64. The van der Waals surface area contributed by atoms with Crippen LogP contribution >= 0.6 is 0 Å². The summed E-state index contributed by atoms with van der Waals surface area (Å²) in [4.78, 5) is 2.61. The van der Waals surface area contributed by atoms with Crippen LogP contribution in [0.3, 0.4) is 0 Å². The lowest BCUT2D eigenvalue weighted by Gasteiger charge is -2.37. The highest BCUT2D eigenvalue weighted by molar-refractivity contribution is 5.34. The first-order valence-electron chi connectivity index (χ1n) is 6.96. The van der Waals surface area contributed by atoms with Gasteiger partial charge in [-0.25, -0.2) is 0 Å². The zero-order chi connectivity index (χ0) is 12.4. The number of rotatable bonds is 3.